The number of rotatable bonds is 3. The topological polar surface area (TPSA) is 56.1 Å². The van der Waals surface area contributed by atoms with E-state index in [9.17, 15) is 5.26 Å². The largest absolute Gasteiger partial charge is 0.368 e. The van der Waals surface area contributed by atoms with Gasteiger partial charge in [-0.05, 0) is 80.3 Å². The van der Waals surface area contributed by atoms with E-state index >= 15 is 0 Å². The first-order valence-electron chi connectivity index (χ1n) is 10.8. The summed E-state index contributed by atoms with van der Waals surface area (Å²) in [5.74, 6) is 1.42. The van der Waals surface area contributed by atoms with Crippen LogP contribution in [0.4, 0.5) is 11.5 Å². The van der Waals surface area contributed by atoms with E-state index in [2.05, 4.69) is 71.1 Å². The van der Waals surface area contributed by atoms with Crippen LogP contribution in [0.15, 0.2) is 30.3 Å². The van der Waals surface area contributed by atoms with Crippen molar-refractivity contribution in [3.8, 4) is 6.07 Å². The number of anilines is 2. The number of nitrogens with zero attached hydrogens (tertiary/aromatic N) is 5. The lowest BCUT2D eigenvalue weighted by atomic mass is 9.77. The van der Waals surface area contributed by atoms with Crippen LogP contribution < -0.4 is 9.80 Å². The lowest BCUT2D eigenvalue weighted by molar-refractivity contribution is 0.244. The zero-order valence-electron chi connectivity index (χ0n) is 18.0. The second-order valence-electron chi connectivity index (χ2n) is 9.25. The quantitative estimate of drug-likeness (QED) is 0.764. The number of piperidine rings is 1. The molecule has 4 rings (SSSR count). The van der Waals surface area contributed by atoms with E-state index < -0.39 is 0 Å². The third kappa shape index (κ3) is 3.81. The van der Waals surface area contributed by atoms with Crippen LogP contribution in [0.5, 0.6) is 0 Å². The molecule has 2 saturated heterocycles. The number of aryl methyl sites for hydroxylation is 1. The second kappa shape index (κ2) is 7.67. The van der Waals surface area contributed by atoms with Gasteiger partial charge >= 0.3 is 0 Å². The van der Waals surface area contributed by atoms with E-state index in [4.69, 9.17) is 0 Å². The smallest absolute Gasteiger partial charge is 0.151 e. The molecule has 1 aromatic heterocycles. The zero-order chi connectivity index (χ0) is 20.6. The van der Waals surface area contributed by atoms with Crippen molar-refractivity contribution in [2.24, 2.45) is 5.41 Å². The summed E-state index contributed by atoms with van der Waals surface area (Å²) in [6.45, 7) is 11.9. The van der Waals surface area contributed by atoms with Gasteiger partial charge in [0.25, 0.3) is 0 Å². The molecule has 1 spiro atoms. The van der Waals surface area contributed by atoms with E-state index in [0.717, 1.165) is 42.3 Å². The standard InChI is InChI=1S/C24H31N5/c1-17(2)22-7-8-23(27-26-22)28-11-9-24(10-12-28)14-19(4)29(16-24)21-6-5-20(15-25)18(3)13-21/h5-8,13,17,19H,9-12,14,16H2,1-4H3. The van der Waals surface area contributed by atoms with Crippen LogP contribution >= 0.6 is 0 Å². The van der Waals surface area contributed by atoms with Crippen molar-refractivity contribution in [1.82, 2.24) is 10.2 Å². The number of benzene rings is 1. The molecule has 5 nitrogen and oxygen atoms in total. The van der Waals surface area contributed by atoms with Gasteiger partial charge < -0.3 is 9.80 Å². The fraction of sp³-hybridized carbons (Fsp3) is 0.542. The Morgan fingerprint density at radius 1 is 1.14 bits per heavy atom. The molecule has 2 fully saturated rings. The highest BCUT2D eigenvalue weighted by Crippen LogP contribution is 2.45. The predicted octanol–water partition coefficient (Wildman–Crippen LogP) is 4.67. The minimum Gasteiger partial charge on any atom is -0.368 e. The Labute approximate surface area is 174 Å². The van der Waals surface area contributed by atoms with Crippen LogP contribution in [0.1, 0.15) is 62.8 Å². The Kier molecular flexibility index (Phi) is 5.21. The summed E-state index contributed by atoms with van der Waals surface area (Å²) < 4.78 is 0. The van der Waals surface area contributed by atoms with Gasteiger partial charge in [0.2, 0.25) is 0 Å². The highest BCUT2D eigenvalue weighted by molar-refractivity contribution is 5.55. The summed E-state index contributed by atoms with van der Waals surface area (Å²) in [5.41, 5.74) is 4.52. The molecular formula is C24H31N5. The summed E-state index contributed by atoms with van der Waals surface area (Å²) in [4.78, 5) is 4.93. The maximum atomic E-state index is 9.21. The van der Waals surface area contributed by atoms with Gasteiger partial charge in [0.1, 0.15) is 0 Å². The van der Waals surface area contributed by atoms with Crippen LogP contribution in [0.2, 0.25) is 0 Å². The monoisotopic (exact) mass is 389 g/mol. The van der Waals surface area contributed by atoms with E-state index in [-0.39, 0.29) is 0 Å². The Morgan fingerprint density at radius 2 is 1.90 bits per heavy atom. The Bertz CT molecular complexity index is 904. The SMILES string of the molecule is Cc1cc(N2CC3(CCN(c4ccc(C(C)C)nn4)CC3)CC2C)ccc1C#N. The summed E-state index contributed by atoms with van der Waals surface area (Å²) in [6.07, 6.45) is 3.62. The summed E-state index contributed by atoms with van der Waals surface area (Å²) in [5, 5.41) is 18.1. The summed E-state index contributed by atoms with van der Waals surface area (Å²) in [7, 11) is 0. The van der Waals surface area contributed by atoms with Crippen LogP contribution in [0, 0.1) is 23.7 Å². The third-order valence-electron chi connectivity index (χ3n) is 6.84. The first-order valence-corrected chi connectivity index (χ1v) is 10.8. The molecule has 1 unspecified atom stereocenters. The van der Waals surface area contributed by atoms with Crippen LogP contribution in [-0.4, -0.2) is 35.9 Å². The average molecular weight is 390 g/mol. The van der Waals surface area contributed by atoms with Crippen molar-refractivity contribution in [2.45, 2.75) is 58.9 Å². The van der Waals surface area contributed by atoms with E-state index in [1.165, 1.54) is 24.9 Å². The molecule has 0 bridgehead atoms. The molecule has 2 aromatic rings. The molecule has 0 radical (unpaired) electrons. The van der Waals surface area contributed by atoms with Crippen LogP contribution in [0.3, 0.4) is 0 Å². The summed E-state index contributed by atoms with van der Waals surface area (Å²) >= 11 is 0. The van der Waals surface area contributed by atoms with Gasteiger partial charge in [0, 0.05) is 31.4 Å². The molecule has 0 aliphatic carbocycles. The van der Waals surface area contributed by atoms with E-state index in [0.29, 0.717) is 17.4 Å². The lowest BCUT2D eigenvalue weighted by Gasteiger charge is -2.39. The first-order chi connectivity index (χ1) is 13.9. The highest BCUT2D eigenvalue weighted by Gasteiger charge is 2.44. The minimum absolute atomic E-state index is 0.378. The van der Waals surface area contributed by atoms with Gasteiger partial charge in [-0.3, -0.25) is 0 Å². The average Bonchev–Trinajstić information content (AvgIpc) is 3.04. The van der Waals surface area contributed by atoms with Crippen molar-refractivity contribution >= 4 is 11.5 Å². The van der Waals surface area contributed by atoms with Gasteiger partial charge in [-0.2, -0.15) is 10.4 Å². The van der Waals surface area contributed by atoms with Crippen LogP contribution in [0.25, 0.3) is 0 Å². The molecule has 0 saturated carbocycles. The van der Waals surface area contributed by atoms with Crippen molar-refractivity contribution in [3.63, 3.8) is 0 Å². The highest BCUT2D eigenvalue weighted by atomic mass is 15.3. The zero-order valence-corrected chi connectivity index (χ0v) is 18.0. The maximum Gasteiger partial charge on any atom is 0.151 e. The second-order valence-corrected chi connectivity index (χ2v) is 9.25. The van der Waals surface area contributed by atoms with Crippen LogP contribution in [-0.2, 0) is 0 Å². The number of nitriles is 1. The van der Waals surface area contributed by atoms with Crippen molar-refractivity contribution < 1.29 is 0 Å². The predicted molar refractivity (Wildman–Crippen MR) is 117 cm³/mol. The van der Waals surface area contributed by atoms with Gasteiger partial charge in [-0.25, -0.2) is 0 Å². The van der Waals surface area contributed by atoms with Gasteiger partial charge in [0.15, 0.2) is 5.82 Å². The fourth-order valence-electron chi connectivity index (χ4n) is 5.00. The molecule has 2 aliphatic rings. The molecule has 3 heterocycles. The van der Waals surface area contributed by atoms with Crippen molar-refractivity contribution in [1.29, 1.82) is 5.26 Å². The normalized spacial score (nSPS) is 21.0. The van der Waals surface area contributed by atoms with Crippen molar-refractivity contribution in [2.75, 3.05) is 29.4 Å². The number of hydrogen-bond donors (Lipinski definition) is 0. The molecule has 2 aliphatic heterocycles. The van der Waals surface area contributed by atoms with E-state index in [1.54, 1.807) is 0 Å². The molecule has 1 aromatic carbocycles. The molecule has 0 amide bonds. The Balaban J connectivity index is 1.43. The molecule has 29 heavy (non-hydrogen) atoms. The molecule has 5 heteroatoms. The molecule has 152 valence electrons. The number of hydrogen-bond acceptors (Lipinski definition) is 5. The minimum atomic E-state index is 0.378. The maximum absolute atomic E-state index is 9.21. The lowest BCUT2D eigenvalue weighted by Crippen LogP contribution is -2.42. The van der Waals surface area contributed by atoms with E-state index in [1.807, 2.05) is 13.0 Å². The molecule has 1 atom stereocenters. The van der Waals surface area contributed by atoms with Crippen molar-refractivity contribution in [3.05, 3.63) is 47.2 Å². The molecule has 0 N–H and O–H groups in total. The Hall–Kier alpha value is -2.61. The summed E-state index contributed by atoms with van der Waals surface area (Å²) in [6, 6.07) is 13.3. The number of aromatic nitrogens is 2. The molecular weight excluding hydrogens is 358 g/mol. The van der Waals surface area contributed by atoms with Gasteiger partial charge in [-0.1, -0.05) is 13.8 Å². The van der Waals surface area contributed by atoms with Gasteiger partial charge in [0.05, 0.1) is 17.3 Å². The van der Waals surface area contributed by atoms with Gasteiger partial charge in [-0.15, -0.1) is 5.10 Å². The fourth-order valence-corrected chi connectivity index (χ4v) is 5.00. The Morgan fingerprint density at radius 3 is 2.48 bits per heavy atom. The third-order valence-corrected chi connectivity index (χ3v) is 6.84. The first kappa shape index (κ1) is 19.7.